The average molecular weight is 281 g/mol. The van der Waals surface area contributed by atoms with E-state index in [1.807, 2.05) is 0 Å². The number of carbonyl (C=O) groups excluding carboxylic acids is 1. The number of carbonyl (C=O) groups is 1. The van der Waals surface area contributed by atoms with Gasteiger partial charge in [0, 0.05) is 30.1 Å². The fourth-order valence-corrected chi connectivity index (χ4v) is 3.72. The zero-order valence-electron chi connectivity index (χ0n) is 10.9. The predicted molar refractivity (Wildman–Crippen MR) is 74.3 cm³/mol. The van der Waals surface area contributed by atoms with E-state index in [1.54, 1.807) is 11.3 Å². The summed E-state index contributed by atoms with van der Waals surface area (Å²) in [5.74, 6) is 0.149. The molecule has 19 heavy (non-hydrogen) atoms. The maximum absolute atomic E-state index is 12.1. The molecule has 5 nitrogen and oxygen atoms in total. The van der Waals surface area contributed by atoms with Crippen molar-refractivity contribution in [1.29, 1.82) is 0 Å². The summed E-state index contributed by atoms with van der Waals surface area (Å²) in [6.07, 6.45) is 4.42. The highest BCUT2D eigenvalue weighted by Crippen LogP contribution is 2.30. The highest BCUT2D eigenvalue weighted by Gasteiger charge is 2.24. The number of fused-ring (bicyclic) bond motifs is 1. The number of ether oxygens (including phenoxy) is 1. The van der Waals surface area contributed by atoms with Gasteiger partial charge in [0.1, 0.15) is 0 Å². The van der Waals surface area contributed by atoms with E-state index in [0.29, 0.717) is 13.2 Å². The maximum atomic E-state index is 12.1. The van der Waals surface area contributed by atoms with E-state index in [0.717, 1.165) is 42.9 Å². The van der Waals surface area contributed by atoms with Crippen LogP contribution in [0.3, 0.4) is 0 Å². The largest absolute Gasteiger partial charge is 0.381 e. The van der Waals surface area contributed by atoms with Crippen molar-refractivity contribution in [3.05, 3.63) is 10.6 Å². The molecule has 0 saturated carbocycles. The van der Waals surface area contributed by atoms with Gasteiger partial charge in [0.15, 0.2) is 5.13 Å². The van der Waals surface area contributed by atoms with Crippen molar-refractivity contribution in [3.63, 3.8) is 0 Å². The Bertz CT molecular complexity index is 468. The fraction of sp³-hybridized carbons (Fsp3) is 0.692. The lowest BCUT2D eigenvalue weighted by atomic mass is 9.99. The van der Waals surface area contributed by atoms with Crippen molar-refractivity contribution >= 4 is 22.4 Å². The van der Waals surface area contributed by atoms with Gasteiger partial charge < -0.3 is 15.8 Å². The first-order valence-electron chi connectivity index (χ1n) is 6.85. The van der Waals surface area contributed by atoms with Crippen LogP contribution in [0.4, 0.5) is 5.13 Å². The van der Waals surface area contributed by atoms with Gasteiger partial charge in [-0.05, 0) is 32.1 Å². The normalized spacial score (nSPS) is 23.9. The van der Waals surface area contributed by atoms with E-state index in [2.05, 4.69) is 10.3 Å². The molecule has 0 radical (unpaired) electrons. The van der Waals surface area contributed by atoms with E-state index >= 15 is 0 Å². The van der Waals surface area contributed by atoms with E-state index in [4.69, 9.17) is 10.5 Å². The number of hydrogen-bond acceptors (Lipinski definition) is 5. The van der Waals surface area contributed by atoms with Gasteiger partial charge in [-0.2, -0.15) is 0 Å². The van der Waals surface area contributed by atoms with Gasteiger partial charge >= 0.3 is 0 Å². The minimum atomic E-state index is 0.0666. The average Bonchev–Trinajstić information content (AvgIpc) is 2.81. The molecule has 6 heteroatoms. The summed E-state index contributed by atoms with van der Waals surface area (Å²) in [4.78, 5) is 17.9. The molecule has 3 N–H and O–H groups in total. The molecule has 1 saturated heterocycles. The van der Waals surface area contributed by atoms with Crippen LogP contribution >= 0.6 is 11.3 Å². The molecule has 2 aliphatic rings. The van der Waals surface area contributed by atoms with Gasteiger partial charge in [-0.25, -0.2) is 4.98 Å². The van der Waals surface area contributed by atoms with Gasteiger partial charge in [-0.15, -0.1) is 11.3 Å². The standard InChI is InChI=1S/C13H19N3O2S/c14-9-1-2-10-11(7-9)19-13(15-10)16-12(17)8-3-5-18-6-4-8/h8-9H,1-7,14H2,(H,15,16,17)/t9-/m0/s1. The van der Waals surface area contributed by atoms with E-state index in [9.17, 15) is 4.79 Å². The molecule has 1 aromatic rings. The summed E-state index contributed by atoms with van der Waals surface area (Å²) >= 11 is 1.58. The molecule has 104 valence electrons. The monoisotopic (exact) mass is 281 g/mol. The Morgan fingerprint density at radius 2 is 2.16 bits per heavy atom. The van der Waals surface area contributed by atoms with Crippen LogP contribution in [0.5, 0.6) is 0 Å². The van der Waals surface area contributed by atoms with Gasteiger partial charge in [0.25, 0.3) is 0 Å². The zero-order chi connectivity index (χ0) is 13.2. The molecule has 3 rings (SSSR count). The summed E-state index contributed by atoms with van der Waals surface area (Å²) in [5, 5.41) is 3.69. The second-order valence-corrected chi connectivity index (χ2v) is 6.35. The third kappa shape index (κ3) is 2.96. The summed E-state index contributed by atoms with van der Waals surface area (Å²) in [6.45, 7) is 1.36. The molecule has 0 aromatic carbocycles. The van der Waals surface area contributed by atoms with Gasteiger partial charge in [0.2, 0.25) is 5.91 Å². The molecule has 0 bridgehead atoms. The maximum Gasteiger partial charge on any atom is 0.229 e. The fourth-order valence-electron chi connectivity index (χ4n) is 2.62. The lowest BCUT2D eigenvalue weighted by Gasteiger charge is -2.20. The first-order valence-corrected chi connectivity index (χ1v) is 7.67. The van der Waals surface area contributed by atoms with Crippen molar-refractivity contribution in [2.45, 2.75) is 38.1 Å². The van der Waals surface area contributed by atoms with Gasteiger partial charge in [0.05, 0.1) is 5.69 Å². The van der Waals surface area contributed by atoms with Gasteiger partial charge in [-0.1, -0.05) is 0 Å². The minimum Gasteiger partial charge on any atom is -0.381 e. The Kier molecular flexibility index (Phi) is 3.81. The summed E-state index contributed by atoms with van der Waals surface area (Å²) in [5.41, 5.74) is 7.07. The second-order valence-electron chi connectivity index (χ2n) is 5.27. The number of thiazole rings is 1. The predicted octanol–water partition coefficient (Wildman–Crippen LogP) is 1.32. The van der Waals surface area contributed by atoms with Crippen LogP contribution < -0.4 is 11.1 Å². The molecule has 1 aliphatic heterocycles. The first kappa shape index (κ1) is 13.0. The summed E-state index contributed by atoms with van der Waals surface area (Å²) in [7, 11) is 0. The van der Waals surface area contributed by atoms with Crippen molar-refractivity contribution in [2.24, 2.45) is 11.7 Å². The van der Waals surface area contributed by atoms with Crippen molar-refractivity contribution < 1.29 is 9.53 Å². The number of aromatic nitrogens is 1. The molecule has 1 amide bonds. The smallest absolute Gasteiger partial charge is 0.229 e. The second kappa shape index (κ2) is 5.56. The van der Waals surface area contributed by atoms with Crippen LogP contribution in [0.25, 0.3) is 0 Å². The summed E-state index contributed by atoms with van der Waals surface area (Å²) < 4.78 is 5.27. The van der Waals surface area contributed by atoms with Crippen LogP contribution in [-0.2, 0) is 22.4 Å². The topological polar surface area (TPSA) is 77.2 Å². The lowest BCUT2D eigenvalue weighted by Crippen LogP contribution is -2.28. The number of anilines is 1. The van der Waals surface area contributed by atoms with Crippen molar-refractivity contribution in [2.75, 3.05) is 18.5 Å². The van der Waals surface area contributed by atoms with Crippen LogP contribution in [-0.4, -0.2) is 30.1 Å². The third-order valence-electron chi connectivity index (χ3n) is 3.80. The first-order chi connectivity index (χ1) is 9.22. The Balaban J connectivity index is 1.65. The van der Waals surface area contributed by atoms with E-state index in [1.165, 1.54) is 4.88 Å². The van der Waals surface area contributed by atoms with E-state index < -0.39 is 0 Å². The summed E-state index contributed by atoms with van der Waals surface area (Å²) in [6, 6.07) is 0.243. The highest BCUT2D eigenvalue weighted by atomic mass is 32.1. The SMILES string of the molecule is N[C@H]1CCc2nc(NC(=O)C3CCOCC3)sc2C1. The Morgan fingerprint density at radius 3 is 2.95 bits per heavy atom. The van der Waals surface area contributed by atoms with Crippen molar-refractivity contribution in [1.82, 2.24) is 4.98 Å². The lowest BCUT2D eigenvalue weighted by molar-refractivity contribution is -0.122. The Hall–Kier alpha value is -0.980. The van der Waals surface area contributed by atoms with E-state index in [-0.39, 0.29) is 17.9 Å². The molecule has 2 heterocycles. The number of nitrogens with two attached hydrogens (primary N) is 1. The molecule has 1 aromatic heterocycles. The molecule has 0 spiro atoms. The van der Waals surface area contributed by atoms with Gasteiger partial charge in [-0.3, -0.25) is 4.79 Å². The van der Waals surface area contributed by atoms with Crippen molar-refractivity contribution in [3.8, 4) is 0 Å². The third-order valence-corrected chi connectivity index (χ3v) is 4.84. The number of nitrogens with one attached hydrogen (secondary N) is 1. The minimum absolute atomic E-state index is 0.0666. The number of amides is 1. The molecular formula is C13H19N3O2S. The highest BCUT2D eigenvalue weighted by molar-refractivity contribution is 7.15. The quantitative estimate of drug-likeness (QED) is 0.857. The molecular weight excluding hydrogens is 262 g/mol. The molecule has 1 fully saturated rings. The number of nitrogens with zero attached hydrogens (tertiary/aromatic N) is 1. The molecule has 1 atom stereocenters. The number of aryl methyl sites for hydroxylation is 1. The molecule has 1 aliphatic carbocycles. The Morgan fingerprint density at radius 1 is 1.37 bits per heavy atom. The van der Waals surface area contributed by atoms with Crippen LogP contribution in [0, 0.1) is 5.92 Å². The van der Waals surface area contributed by atoms with Crippen LogP contribution in [0.1, 0.15) is 29.8 Å². The van der Waals surface area contributed by atoms with Crippen LogP contribution in [0.15, 0.2) is 0 Å². The Labute approximate surface area is 116 Å². The van der Waals surface area contributed by atoms with Crippen LogP contribution in [0.2, 0.25) is 0 Å². The zero-order valence-corrected chi connectivity index (χ0v) is 11.7. The number of hydrogen-bond donors (Lipinski definition) is 2. The number of rotatable bonds is 2. The molecule has 0 unspecified atom stereocenters.